The van der Waals surface area contributed by atoms with Gasteiger partial charge in [-0.05, 0) is 32.8 Å². The number of anilines is 1. The number of benzene rings is 1. The fourth-order valence-corrected chi connectivity index (χ4v) is 5.06. The van der Waals surface area contributed by atoms with Crippen molar-refractivity contribution in [1.29, 1.82) is 0 Å². The van der Waals surface area contributed by atoms with Gasteiger partial charge in [0, 0.05) is 12.2 Å². The molecule has 0 spiro atoms. The summed E-state index contributed by atoms with van der Waals surface area (Å²) in [5, 5.41) is 4.50. The number of carbonyl (C=O) groups is 1. The van der Waals surface area contributed by atoms with E-state index in [2.05, 4.69) is 10.4 Å². The van der Waals surface area contributed by atoms with Crippen LogP contribution in [-0.4, -0.2) is 33.6 Å². The molecule has 4 rings (SSSR count). The number of fused-ring (bicyclic) bond motifs is 1. The largest absolute Gasteiger partial charge is 0.375 e. The SMILES string of the molecule is CC1(C)C[C@H](n2[nH]c(=O)c3c2NC(=O)CS[C@H]3c2ccc(F)c(F)c2F)CCO1. The van der Waals surface area contributed by atoms with Gasteiger partial charge in [0.2, 0.25) is 5.91 Å². The topological polar surface area (TPSA) is 76.1 Å². The first kappa shape index (κ1) is 20.1. The van der Waals surface area contributed by atoms with E-state index in [4.69, 9.17) is 4.74 Å². The lowest BCUT2D eigenvalue weighted by molar-refractivity contribution is -0.113. The van der Waals surface area contributed by atoms with Crippen molar-refractivity contribution >= 4 is 23.5 Å². The maximum absolute atomic E-state index is 14.5. The lowest BCUT2D eigenvalue weighted by Crippen LogP contribution is -2.36. The first-order chi connectivity index (χ1) is 13.7. The van der Waals surface area contributed by atoms with Gasteiger partial charge in [-0.1, -0.05) is 6.07 Å². The van der Waals surface area contributed by atoms with Gasteiger partial charge in [-0.25, -0.2) is 13.2 Å². The van der Waals surface area contributed by atoms with Crippen LogP contribution in [0.4, 0.5) is 19.0 Å². The maximum atomic E-state index is 14.5. The molecule has 0 saturated carbocycles. The fraction of sp³-hybridized carbons (Fsp3) is 0.474. The monoisotopic (exact) mass is 427 g/mol. The molecule has 0 radical (unpaired) electrons. The Morgan fingerprint density at radius 2 is 1.97 bits per heavy atom. The van der Waals surface area contributed by atoms with E-state index in [0.29, 0.717) is 19.4 Å². The molecule has 0 unspecified atom stereocenters. The predicted molar refractivity (Wildman–Crippen MR) is 103 cm³/mol. The molecule has 1 amide bonds. The zero-order valence-electron chi connectivity index (χ0n) is 15.9. The molecule has 29 heavy (non-hydrogen) atoms. The number of nitrogens with zero attached hydrogens (tertiary/aromatic N) is 1. The molecule has 2 atom stereocenters. The number of amides is 1. The van der Waals surface area contributed by atoms with Gasteiger partial charge in [-0.3, -0.25) is 19.4 Å². The molecule has 2 aliphatic rings. The van der Waals surface area contributed by atoms with E-state index in [9.17, 15) is 22.8 Å². The molecular weight excluding hydrogens is 407 g/mol. The van der Waals surface area contributed by atoms with Crippen LogP contribution in [-0.2, 0) is 9.53 Å². The third kappa shape index (κ3) is 3.59. The Balaban J connectivity index is 1.84. The van der Waals surface area contributed by atoms with E-state index >= 15 is 0 Å². The highest BCUT2D eigenvalue weighted by Gasteiger charge is 2.37. The van der Waals surface area contributed by atoms with Crippen LogP contribution in [0.15, 0.2) is 16.9 Å². The summed E-state index contributed by atoms with van der Waals surface area (Å²) in [5.74, 6) is -4.45. The Labute approximate surface area is 168 Å². The van der Waals surface area contributed by atoms with E-state index in [-0.39, 0.29) is 34.6 Å². The van der Waals surface area contributed by atoms with Crippen LogP contribution in [0.5, 0.6) is 0 Å². The normalized spacial score (nSPS) is 24.0. The third-order valence-corrected chi connectivity index (χ3v) is 6.50. The predicted octanol–water partition coefficient (Wildman–Crippen LogP) is 3.50. The summed E-state index contributed by atoms with van der Waals surface area (Å²) in [5.41, 5.74) is -0.975. The van der Waals surface area contributed by atoms with Gasteiger partial charge in [0.1, 0.15) is 5.82 Å². The minimum atomic E-state index is -1.60. The fourth-order valence-electron chi connectivity index (χ4n) is 3.93. The molecule has 1 saturated heterocycles. The van der Waals surface area contributed by atoms with E-state index in [0.717, 1.165) is 23.9 Å². The Kier molecular flexibility index (Phi) is 5.02. The molecule has 0 aliphatic carbocycles. The van der Waals surface area contributed by atoms with Crippen molar-refractivity contribution in [1.82, 2.24) is 9.78 Å². The van der Waals surface area contributed by atoms with Crippen LogP contribution >= 0.6 is 11.8 Å². The minimum absolute atomic E-state index is 0.0590. The smallest absolute Gasteiger partial charge is 0.270 e. The molecule has 2 aliphatic heterocycles. The molecule has 1 fully saturated rings. The minimum Gasteiger partial charge on any atom is -0.375 e. The standard InChI is InChI=1S/C19H20F3N3O3S/c1-19(2)7-9(5-6-28-19)25-17-13(18(27)24-25)16(29-8-12(26)23-17)10-3-4-11(20)15(22)14(10)21/h3-4,9,16H,5-8H2,1-2H3,(H,23,26)(H,24,27)/t9-,16+/m1/s1. The van der Waals surface area contributed by atoms with Crippen molar-refractivity contribution in [2.45, 2.75) is 43.6 Å². The van der Waals surface area contributed by atoms with Gasteiger partial charge in [-0.2, -0.15) is 0 Å². The van der Waals surface area contributed by atoms with E-state index in [1.807, 2.05) is 13.8 Å². The van der Waals surface area contributed by atoms with E-state index < -0.39 is 33.9 Å². The molecule has 156 valence electrons. The molecular formula is C19H20F3N3O3S. The number of aromatic amines is 1. The number of halogens is 3. The van der Waals surface area contributed by atoms with E-state index in [1.54, 1.807) is 4.68 Å². The van der Waals surface area contributed by atoms with Crippen molar-refractivity contribution in [3.8, 4) is 0 Å². The number of hydrogen-bond acceptors (Lipinski definition) is 4. The van der Waals surface area contributed by atoms with Crippen LogP contribution in [0, 0.1) is 17.5 Å². The van der Waals surface area contributed by atoms with Gasteiger partial charge >= 0.3 is 0 Å². The molecule has 1 aromatic heterocycles. The summed E-state index contributed by atoms with van der Waals surface area (Å²) in [6.45, 7) is 4.36. The zero-order valence-corrected chi connectivity index (χ0v) is 16.7. The number of thioether (sulfide) groups is 1. The van der Waals surface area contributed by atoms with Gasteiger partial charge in [0.25, 0.3) is 5.56 Å². The average Bonchev–Trinajstić information content (AvgIpc) is 2.86. The second kappa shape index (κ2) is 7.24. The first-order valence-electron chi connectivity index (χ1n) is 9.21. The van der Waals surface area contributed by atoms with Crippen LogP contribution < -0.4 is 10.9 Å². The summed E-state index contributed by atoms with van der Waals surface area (Å²) < 4.78 is 49.0. The van der Waals surface area contributed by atoms with Crippen molar-refractivity contribution < 1.29 is 22.7 Å². The van der Waals surface area contributed by atoms with Gasteiger partial charge < -0.3 is 10.1 Å². The zero-order chi connectivity index (χ0) is 20.9. The van der Waals surface area contributed by atoms with Crippen molar-refractivity contribution in [3.63, 3.8) is 0 Å². The average molecular weight is 427 g/mol. The van der Waals surface area contributed by atoms with Crippen molar-refractivity contribution in [2.75, 3.05) is 17.7 Å². The Hall–Kier alpha value is -2.20. The summed E-state index contributed by atoms with van der Waals surface area (Å²) >= 11 is 0.991. The quantitative estimate of drug-likeness (QED) is 0.720. The molecule has 3 heterocycles. The number of ether oxygens (including phenoxy) is 1. The Bertz CT molecular complexity index is 1030. The molecule has 1 aromatic carbocycles. The second-order valence-electron chi connectivity index (χ2n) is 7.83. The van der Waals surface area contributed by atoms with Gasteiger partial charge in [-0.15, -0.1) is 11.8 Å². The third-order valence-electron chi connectivity index (χ3n) is 5.25. The number of H-pyrrole nitrogens is 1. The van der Waals surface area contributed by atoms with Crippen LogP contribution in [0.3, 0.4) is 0 Å². The number of aromatic nitrogens is 2. The highest BCUT2D eigenvalue weighted by Crippen LogP contribution is 2.43. The Morgan fingerprint density at radius 1 is 1.21 bits per heavy atom. The highest BCUT2D eigenvalue weighted by molar-refractivity contribution is 8.00. The number of carbonyl (C=O) groups excluding carboxylic acids is 1. The van der Waals surface area contributed by atoms with Crippen LogP contribution in [0.1, 0.15) is 49.1 Å². The maximum Gasteiger partial charge on any atom is 0.270 e. The number of nitrogens with one attached hydrogen (secondary N) is 2. The number of rotatable bonds is 2. The first-order valence-corrected chi connectivity index (χ1v) is 10.3. The highest BCUT2D eigenvalue weighted by atomic mass is 32.2. The van der Waals surface area contributed by atoms with E-state index in [1.165, 1.54) is 0 Å². The van der Waals surface area contributed by atoms with Gasteiger partial charge in [0.15, 0.2) is 17.5 Å². The summed E-state index contributed by atoms with van der Waals surface area (Å²) in [6.07, 6.45) is 1.21. The molecule has 2 aromatic rings. The second-order valence-corrected chi connectivity index (χ2v) is 8.93. The van der Waals surface area contributed by atoms with Gasteiger partial charge in [0.05, 0.1) is 28.2 Å². The van der Waals surface area contributed by atoms with Crippen molar-refractivity contribution in [2.24, 2.45) is 0 Å². The molecule has 2 N–H and O–H groups in total. The lowest BCUT2D eigenvalue weighted by atomic mass is 9.94. The molecule has 0 bridgehead atoms. The van der Waals surface area contributed by atoms with Crippen molar-refractivity contribution in [3.05, 3.63) is 51.1 Å². The van der Waals surface area contributed by atoms with Crippen LogP contribution in [0.25, 0.3) is 0 Å². The summed E-state index contributed by atoms with van der Waals surface area (Å²) in [7, 11) is 0. The lowest BCUT2D eigenvalue weighted by Gasteiger charge is -2.36. The Morgan fingerprint density at radius 3 is 2.69 bits per heavy atom. The summed E-state index contributed by atoms with van der Waals surface area (Å²) in [4.78, 5) is 25.1. The number of hydrogen-bond donors (Lipinski definition) is 2. The molecule has 6 nitrogen and oxygen atoms in total. The molecule has 10 heteroatoms. The summed E-state index contributed by atoms with van der Waals surface area (Å²) in [6, 6.07) is 1.79. The van der Waals surface area contributed by atoms with Crippen LogP contribution in [0.2, 0.25) is 0 Å².